The van der Waals surface area contributed by atoms with Crippen LogP contribution in [0, 0.1) is 0 Å². The zero-order valence-corrected chi connectivity index (χ0v) is 17.4. The molecule has 4 rings (SSSR count). The predicted molar refractivity (Wildman–Crippen MR) is 115 cm³/mol. The second-order valence-corrected chi connectivity index (χ2v) is 8.96. The summed E-state index contributed by atoms with van der Waals surface area (Å²) in [7, 11) is 4.28. The Kier molecular flexibility index (Phi) is 5.11. The third-order valence-corrected chi connectivity index (χ3v) is 6.46. The van der Waals surface area contributed by atoms with Crippen LogP contribution in [0.5, 0.6) is 0 Å². The molecule has 1 amide bonds. The summed E-state index contributed by atoms with van der Waals surface area (Å²) >= 11 is 6.06. The average molecular weight is 398 g/mol. The van der Waals surface area contributed by atoms with Crippen LogP contribution < -0.4 is 5.73 Å². The van der Waals surface area contributed by atoms with Gasteiger partial charge in [0.25, 0.3) is 5.91 Å². The summed E-state index contributed by atoms with van der Waals surface area (Å²) in [6.45, 7) is 2.39. The van der Waals surface area contributed by atoms with Crippen molar-refractivity contribution in [1.29, 1.82) is 0 Å². The summed E-state index contributed by atoms with van der Waals surface area (Å²) in [5, 5.41) is 0.519. The lowest BCUT2D eigenvalue weighted by Crippen LogP contribution is -2.26. The van der Waals surface area contributed by atoms with E-state index in [-0.39, 0.29) is 5.91 Å². The molecular weight excluding hydrogens is 370 g/mol. The zero-order valence-electron chi connectivity index (χ0n) is 16.7. The van der Waals surface area contributed by atoms with Crippen LogP contribution >= 0.6 is 11.6 Å². The van der Waals surface area contributed by atoms with Gasteiger partial charge in [-0.15, -0.1) is 0 Å². The number of amides is 1. The van der Waals surface area contributed by atoms with E-state index in [1.165, 1.54) is 30.4 Å². The first kappa shape index (κ1) is 19.3. The molecule has 0 saturated heterocycles. The number of fused-ring (bicyclic) bond motifs is 1. The molecule has 1 aliphatic carbocycles. The van der Waals surface area contributed by atoms with Crippen LogP contribution in [-0.4, -0.2) is 42.9 Å². The van der Waals surface area contributed by atoms with E-state index in [1.54, 1.807) is 12.1 Å². The van der Waals surface area contributed by atoms with Gasteiger partial charge in [-0.1, -0.05) is 35.9 Å². The van der Waals surface area contributed by atoms with E-state index in [2.05, 4.69) is 43.3 Å². The third-order valence-electron chi connectivity index (χ3n) is 6.24. The highest BCUT2D eigenvalue weighted by molar-refractivity contribution is 6.31. The number of nitrogen functional groups attached to an aromatic ring is 1. The molecule has 2 N–H and O–H groups in total. The fourth-order valence-corrected chi connectivity index (χ4v) is 4.43. The van der Waals surface area contributed by atoms with Crippen molar-refractivity contribution in [2.45, 2.75) is 37.6 Å². The van der Waals surface area contributed by atoms with E-state index >= 15 is 0 Å². The number of hydrogen-bond donors (Lipinski definition) is 1. The number of nitrogens with zero attached hydrogens (tertiary/aromatic N) is 2. The van der Waals surface area contributed by atoms with E-state index < -0.39 is 0 Å². The number of carbonyl (C=O) groups excluding carboxylic acids is 1. The largest absolute Gasteiger partial charge is 0.398 e. The molecule has 2 aromatic carbocycles. The molecule has 1 aliphatic heterocycles. The molecule has 5 heteroatoms. The second-order valence-electron chi connectivity index (χ2n) is 8.53. The Balaban J connectivity index is 1.37. The molecule has 1 heterocycles. The van der Waals surface area contributed by atoms with Gasteiger partial charge in [0, 0.05) is 34.9 Å². The van der Waals surface area contributed by atoms with Gasteiger partial charge in [0.15, 0.2) is 0 Å². The summed E-state index contributed by atoms with van der Waals surface area (Å²) in [5.74, 6) is 0.0291. The molecule has 1 fully saturated rings. The highest BCUT2D eigenvalue weighted by atomic mass is 35.5. The minimum Gasteiger partial charge on any atom is -0.398 e. The normalized spacial score (nSPS) is 17.3. The van der Waals surface area contributed by atoms with Crippen molar-refractivity contribution in [3.63, 3.8) is 0 Å². The van der Waals surface area contributed by atoms with Crippen molar-refractivity contribution in [3.05, 3.63) is 63.7 Å². The Morgan fingerprint density at radius 3 is 2.54 bits per heavy atom. The van der Waals surface area contributed by atoms with Crippen molar-refractivity contribution in [2.24, 2.45) is 0 Å². The van der Waals surface area contributed by atoms with Gasteiger partial charge in [-0.25, -0.2) is 0 Å². The summed E-state index contributed by atoms with van der Waals surface area (Å²) in [5.41, 5.74) is 11.3. The zero-order chi connectivity index (χ0) is 19.9. The first-order valence-corrected chi connectivity index (χ1v) is 10.4. The number of rotatable bonds is 7. The van der Waals surface area contributed by atoms with Crippen LogP contribution in [0.3, 0.4) is 0 Å². The monoisotopic (exact) mass is 397 g/mol. The van der Waals surface area contributed by atoms with Gasteiger partial charge in [0.1, 0.15) is 0 Å². The average Bonchev–Trinajstić information content (AvgIpc) is 3.39. The number of carbonyl (C=O) groups is 1. The van der Waals surface area contributed by atoms with E-state index in [9.17, 15) is 4.79 Å². The van der Waals surface area contributed by atoms with Gasteiger partial charge in [-0.3, -0.25) is 4.79 Å². The van der Waals surface area contributed by atoms with Crippen molar-refractivity contribution >= 4 is 23.2 Å². The Bertz CT molecular complexity index is 887. The molecule has 2 aliphatic rings. The molecule has 0 atom stereocenters. The smallest absolute Gasteiger partial charge is 0.254 e. The molecule has 0 unspecified atom stereocenters. The molecule has 0 radical (unpaired) electrons. The Labute approximate surface area is 172 Å². The van der Waals surface area contributed by atoms with Crippen LogP contribution in [0.2, 0.25) is 5.02 Å². The Morgan fingerprint density at radius 2 is 1.89 bits per heavy atom. The highest BCUT2D eigenvalue weighted by Gasteiger charge is 2.43. The topological polar surface area (TPSA) is 49.6 Å². The Hall–Kier alpha value is -2.04. The standard InChI is InChI=1S/C23H28ClN3O/c1-26(2)12-10-23(8-9-23)17-5-3-16(4-6-17)7-11-27-15-20-19(22(27)28)13-18(24)14-21(20)25/h3-6,13-14H,7-12,15,25H2,1-2H3. The number of anilines is 1. The van der Waals surface area contributed by atoms with Crippen LogP contribution in [0.4, 0.5) is 5.69 Å². The number of halogens is 1. The van der Waals surface area contributed by atoms with Gasteiger partial charge in [-0.2, -0.15) is 0 Å². The molecule has 148 valence electrons. The lowest BCUT2D eigenvalue weighted by Gasteiger charge is -2.19. The maximum Gasteiger partial charge on any atom is 0.254 e. The molecule has 2 aromatic rings. The number of benzene rings is 2. The van der Waals surface area contributed by atoms with Crippen molar-refractivity contribution in [2.75, 3.05) is 32.9 Å². The molecule has 0 bridgehead atoms. The highest BCUT2D eigenvalue weighted by Crippen LogP contribution is 2.51. The molecule has 4 nitrogen and oxygen atoms in total. The summed E-state index contributed by atoms with van der Waals surface area (Å²) < 4.78 is 0. The van der Waals surface area contributed by atoms with E-state index in [4.69, 9.17) is 17.3 Å². The molecule has 1 saturated carbocycles. The van der Waals surface area contributed by atoms with Crippen LogP contribution in [0.25, 0.3) is 0 Å². The van der Waals surface area contributed by atoms with E-state index in [0.29, 0.717) is 34.8 Å². The maximum absolute atomic E-state index is 12.7. The van der Waals surface area contributed by atoms with Crippen LogP contribution in [0.1, 0.15) is 46.3 Å². The summed E-state index contributed by atoms with van der Waals surface area (Å²) in [6.07, 6.45) is 4.66. The first-order chi connectivity index (χ1) is 13.4. The van der Waals surface area contributed by atoms with Crippen molar-refractivity contribution < 1.29 is 4.79 Å². The lowest BCUT2D eigenvalue weighted by atomic mass is 9.91. The fraction of sp³-hybridized carbons (Fsp3) is 0.435. The maximum atomic E-state index is 12.7. The minimum absolute atomic E-state index is 0.0291. The summed E-state index contributed by atoms with van der Waals surface area (Å²) in [6, 6.07) is 12.5. The predicted octanol–water partition coefficient (Wildman–Crippen LogP) is 4.10. The number of hydrogen-bond acceptors (Lipinski definition) is 3. The van der Waals surface area contributed by atoms with Crippen molar-refractivity contribution in [1.82, 2.24) is 9.80 Å². The molecule has 28 heavy (non-hydrogen) atoms. The third kappa shape index (κ3) is 3.76. The Morgan fingerprint density at radius 1 is 1.18 bits per heavy atom. The molecule has 0 spiro atoms. The quantitative estimate of drug-likeness (QED) is 0.715. The van der Waals surface area contributed by atoms with Gasteiger partial charge < -0.3 is 15.5 Å². The van der Waals surface area contributed by atoms with Gasteiger partial charge >= 0.3 is 0 Å². The van der Waals surface area contributed by atoms with Gasteiger partial charge in [0.2, 0.25) is 0 Å². The minimum atomic E-state index is 0.0291. The fourth-order valence-electron chi connectivity index (χ4n) is 4.20. The molecular formula is C23H28ClN3O. The van der Waals surface area contributed by atoms with E-state index in [0.717, 1.165) is 18.5 Å². The second kappa shape index (κ2) is 7.41. The lowest BCUT2D eigenvalue weighted by molar-refractivity contribution is 0.0780. The SMILES string of the molecule is CN(C)CCC1(c2ccc(CCN3Cc4c(N)cc(Cl)cc4C3=O)cc2)CC1. The molecule has 0 aromatic heterocycles. The summed E-state index contributed by atoms with van der Waals surface area (Å²) in [4.78, 5) is 16.8. The van der Waals surface area contributed by atoms with E-state index in [1.807, 2.05) is 4.90 Å². The van der Waals surface area contributed by atoms with Crippen molar-refractivity contribution in [3.8, 4) is 0 Å². The van der Waals surface area contributed by atoms with Gasteiger partial charge in [-0.05, 0) is 75.0 Å². The van der Waals surface area contributed by atoms with Gasteiger partial charge in [0.05, 0.1) is 0 Å². The number of nitrogens with two attached hydrogens (primary N) is 1. The van der Waals surface area contributed by atoms with Crippen LogP contribution in [0.15, 0.2) is 36.4 Å². The van der Waals surface area contributed by atoms with Crippen LogP contribution in [-0.2, 0) is 18.4 Å². The first-order valence-electron chi connectivity index (χ1n) is 9.99.